The van der Waals surface area contributed by atoms with Crippen LogP contribution in [-0.4, -0.2) is 16.5 Å². The molecule has 0 aliphatic carbocycles. The number of fused-ring (bicyclic) bond motifs is 1. The van der Waals surface area contributed by atoms with Crippen LogP contribution in [0.25, 0.3) is 10.9 Å². The molecule has 84 valence electrons. The van der Waals surface area contributed by atoms with Gasteiger partial charge < -0.3 is 9.88 Å². The van der Waals surface area contributed by atoms with Crippen molar-refractivity contribution in [3.63, 3.8) is 0 Å². The summed E-state index contributed by atoms with van der Waals surface area (Å²) in [5.41, 5.74) is 2.15. The van der Waals surface area contributed by atoms with Crippen molar-refractivity contribution in [1.82, 2.24) is 9.88 Å². The van der Waals surface area contributed by atoms with Gasteiger partial charge in [-0.05, 0) is 18.7 Å². The summed E-state index contributed by atoms with van der Waals surface area (Å²) < 4.78 is 1.81. The van der Waals surface area contributed by atoms with E-state index >= 15 is 0 Å². The lowest BCUT2D eigenvalue weighted by molar-refractivity contribution is -0.383. The van der Waals surface area contributed by atoms with Crippen molar-refractivity contribution < 1.29 is 4.92 Å². The fourth-order valence-corrected chi connectivity index (χ4v) is 2.01. The van der Waals surface area contributed by atoms with Crippen LogP contribution in [0.2, 0.25) is 0 Å². The molecule has 0 saturated carbocycles. The highest BCUT2D eigenvalue weighted by Crippen LogP contribution is 2.29. The number of aromatic nitrogens is 1. The molecular formula is C11H13N3O2. The normalized spacial score (nSPS) is 10.9. The Kier molecular flexibility index (Phi) is 2.62. The number of aryl methyl sites for hydroxylation is 1. The SMILES string of the molecule is CNCc1cccc2c([N+](=O)[O-])cn(C)c12. The van der Waals surface area contributed by atoms with Crippen molar-refractivity contribution in [2.45, 2.75) is 6.54 Å². The van der Waals surface area contributed by atoms with E-state index in [0.29, 0.717) is 11.9 Å². The van der Waals surface area contributed by atoms with Crippen molar-refractivity contribution in [2.75, 3.05) is 7.05 Å². The lowest BCUT2D eigenvalue weighted by Gasteiger charge is -2.04. The van der Waals surface area contributed by atoms with Crippen molar-refractivity contribution >= 4 is 16.6 Å². The summed E-state index contributed by atoms with van der Waals surface area (Å²) in [5, 5.41) is 14.6. The van der Waals surface area contributed by atoms with Crippen LogP contribution in [0.4, 0.5) is 5.69 Å². The molecule has 5 nitrogen and oxygen atoms in total. The number of benzene rings is 1. The van der Waals surface area contributed by atoms with Crippen LogP contribution in [0.5, 0.6) is 0 Å². The van der Waals surface area contributed by atoms with Gasteiger partial charge in [-0.2, -0.15) is 0 Å². The van der Waals surface area contributed by atoms with Crippen LogP contribution in [-0.2, 0) is 13.6 Å². The molecule has 0 aliphatic rings. The van der Waals surface area contributed by atoms with Gasteiger partial charge in [-0.15, -0.1) is 0 Å². The van der Waals surface area contributed by atoms with E-state index < -0.39 is 0 Å². The lowest BCUT2D eigenvalue weighted by atomic mass is 10.1. The van der Waals surface area contributed by atoms with E-state index in [1.165, 1.54) is 0 Å². The molecule has 1 aromatic carbocycles. The zero-order valence-electron chi connectivity index (χ0n) is 9.23. The molecule has 0 spiro atoms. The fourth-order valence-electron chi connectivity index (χ4n) is 2.01. The quantitative estimate of drug-likeness (QED) is 0.632. The van der Waals surface area contributed by atoms with Crippen LogP contribution in [0.3, 0.4) is 0 Å². The molecule has 0 unspecified atom stereocenters. The Bertz CT molecular complexity index is 545. The largest absolute Gasteiger partial charge is 0.344 e. The highest BCUT2D eigenvalue weighted by molar-refractivity contribution is 5.91. The Morgan fingerprint density at radius 1 is 1.50 bits per heavy atom. The van der Waals surface area contributed by atoms with Crippen molar-refractivity contribution in [3.8, 4) is 0 Å². The van der Waals surface area contributed by atoms with E-state index in [9.17, 15) is 10.1 Å². The topological polar surface area (TPSA) is 60.1 Å². The third kappa shape index (κ3) is 1.55. The van der Waals surface area contributed by atoms with Gasteiger partial charge >= 0.3 is 0 Å². The first-order chi connectivity index (χ1) is 7.65. The number of para-hydroxylation sites is 1. The highest BCUT2D eigenvalue weighted by atomic mass is 16.6. The van der Waals surface area contributed by atoms with Gasteiger partial charge in [0, 0.05) is 13.6 Å². The Labute approximate surface area is 92.8 Å². The van der Waals surface area contributed by atoms with E-state index in [0.717, 1.165) is 11.1 Å². The molecule has 0 bridgehead atoms. The van der Waals surface area contributed by atoms with Crippen molar-refractivity contribution in [1.29, 1.82) is 0 Å². The lowest BCUT2D eigenvalue weighted by Crippen LogP contribution is -2.06. The third-order valence-electron chi connectivity index (χ3n) is 2.63. The molecular weight excluding hydrogens is 206 g/mol. The molecule has 0 fully saturated rings. The maximum Gasteiger partial charge on any atom is 0.294 e. The van der Waals surface area contributed by atoms with Gasteiger partial charge in [-0.1, -0.05) is 12.1 Å². The predicted octanol–water partition coefficient (Wildman–Crippen LogP) is 1.81. The number of rotatable bonds is 3. The van der Waals surface area contributed by atoms with Crippen LogP contribution < -0.4 is 5.32 Å². The molecule has 2 rings (SSSR count). The summed E-state index contributed by atoms with van der Waals surface area (Å²) in [5.74, 6) is 0. The molecule has 0 radical (unpaired) electrons. The van der Waals surface area contributed by atoms with E-state index in [1.807, 2.05) is 26.2 Å². The van der Waals surface area contributed by atoms with E-state index in [4.69, 9.17) is 0 Å². The monoisotopic (exact) mass is 219 g/mol. The van der Waals surface area contributed by atoms with E-state index in [2.05, 4.69) is 5.32 Å². The molecule has 5 heteroatoms. The van der Waals surface area contributed by atoms with Crippen molar-refractivity contribution in [2.24, 2.45) is 7.05 Å². The second-order valence-corrected chi connectivity index (χ2v) is 3.73. The summed E-state index contributed by atoms with van der Waals surface area (Å²) in [6.45, 7) is 0.701. The van der Waals surface area contributed by atoms with Crippen LogP contribution in [0, 0.1) is 10.1 Å². The van der Waals surface area contributed by atoms with E-state index in [1.54, 1.807) is 16.8 Å². The predicted molar refractivity (Wildman–Crippen MR) is 62.3 cm³/mol. The Balaban J connectivity index is 2.74. The molecule has 1 N–H and O–H groups in total. The summed E-state index contributed by atoms with van der Waals surface area (Å²) in [6.07, 6.45) is 1.56. The molecule has 16 heavy (non-hydrogen) atoms. The van der Waals surface area contributed by atoms with Gasteiger partial charge in [-0.3, -0.25) is 10.1 Å². The second kappa shape index (κ2) is 3.94. The summed E-state index contributed by atoms with van der Waals surface area (Å²) in [4.78, 5) is 10.5. The van der Waals surface area contributed by atoms with Gasteiger partial charge in [-0.25, -0.2) is 0 Å². The first-order valence-corrected chi connectivity index (χ1v) is 5.01. The fraction of sp³-hybridized carbons (Fsp3) is 0.273. The minimum Gasteiger partial charge on any atom is -0.344 e. The smallest absolute Gasteiger partial charge is 0.294 e. The highest BCUT2D eigenvalue weighted by Gasteiger charge is 2.17. The van der Waals surface area contributed by atoms with Crippen LogP contribution in [0.1, 0.15) is 5.56 Å². The maximum atomic E-state index is 10.9. The van der Waals surface area contributed by atoms with Gasteiger partial charge in [0.05, 0.1) is 22.0 Å². The molecule has 0 amide bonds. The van der Waals surface area contributed by atoms with Crippen LogP contribution in [0.15, 0.2) is 24.4 Å². The first-order valence-electron chi connectivity index (χ1n) is 5.01. The van der Waals surface area contributed by atoms with Crippen LogP contribution >= 0.6 is 0 Å². The molecule has 0 aliphatic heterocycles. The van der Waals surface area contributed by atoms with Gasteiger partial charge in [0.2, 0.25) is 0 Å². The summed E-state index contributed by atoms with van der Waals surface area (Å²) >= 11 is 0. The Hall–Kier alpha value is -1.88. The zero-order valence-corrected chi connectivity index (χ0v) is 9.23. The molecule has 2 aromatic rings. The first kappa shape index (κ1) is 10.6. The molecule has 0 saturated heterocycles. The second-order valence-electron chi connectivity index (χ2n) is 3.73. The zero-order chi connectivity index (χ0) is 11.7. The number of nitrogens with zero attached hydrogens (tertiary/aromatic N) is 2. The molecule has 0 atom stereocenters. The number of hydrogen-bond donors (Lipinski definition) is 1. The summed E-state index contributed by atoms with van der Waals surface area (Å²) in [6, 6.07) is 5.61. The average Bonchev–Trinajstić information content (AvgIpc) is 2.58. The van der Waals surface area contributed by atoms with Crippen molar-refractivity contribution in [3.05, 3.63) is 40.1 Å². The minimum absolute atomic E-state index is 0.162. The van der Waals surface area contributed by atoms with E-state index in [-0.39, 0.29) is 10.6 Å². The standard InChI is InChI=1S/C11H13N3O2/c1-12-6-8-4-3-5-9-10(14(15)16)7-13(2)11(8)9/h3-5,7,12H,6H2,1-2H3. The number of hydrogen-bond acceptors (Lipinski definition) is 3. The Morgan fingerprint density at radius 2 is 2.25 bits per heavy atom. The third-order valence-corrected chi connectivity index (χ3v) is 2.63. The summed E-state index contributed by atoms with van der Waals surface area (Å²) in [7, 11) is 3.69. The average molecular weight is 219 g/mol. The number of nitrogens with one attached hydrogen (secondary N) is 1. The maximum absolute atomic E-state index is 10.9. The molecule has 1 heterocycles. The molecule has 1 aromatic heterocycles. The van der Waals surface area contributed by atoms with Gasteiger partial charge in [0.1, 0.15) is 0 Å². The van der Waals surface area contributed by atoms with Gasteiger partial charge in [0.25, 0.3) is 5.69 Å². The number of nitro groups is 1. The van der Waals surface area contributed by atoms with Gasteiger partial charge in [0.15, 0.2) is 0 Å². The Morgan fingerprint density at radius 3 is 2.88 bits per heavy atom. The minimum atomic E-state index is -0.342.